The topological polar surface area (TPSA) is 47.0 Å². The van der Waals surface area contributed by atoms with E-state index in [9.17, 15) is 0 Å². The molecule has 0 saturated carbocycles. The Balaban J connectivity index is 1.80. The number of thioether (sulfide) groups is 1. The van der Waals surface area contributed by atoms with Crippen LogP contribution in [0.15, 0.2) is 59.9 Å². The van der Waals surface area contributed by atoms with E-state index in [0.717, 1.165) is 28.5 Å². The lowest BCUT2D eigenvalue weighted by Gasteiger charge is -2.13. The monoisotopic (exact) mass is 385 g/mol. The van der Waals surface area contributed by atoms with Gasteiger partial charge in [0.2, 0.25) is 0 Å². The van der Waals surface area contributed by atoms with Crippen LogP contribution in [0.25, 0.3) is 0 Å². The Kier molecular flexibility index (Phi) is 6.36. The fourth-order valence-corrected chi connectivity index (χ4v) is 3.21. The molecule has 3 rings (SSSR count). The molecule has 0 bridgehead atoms. The lowest BCUT2D eigenvalue weighted by molar-refractivity contribution is 0.415. The second-order valence-electron chi connectivity index (χ2n) is 5.72. The highest BCUT2D eigenvalue weighted by atomic mass is 35.5. The number of hydrogen-bond donors (Lipinski definition) is 1. The van der Waals surface area contributed by atoms with Gasteiger partial charge in [-0.3, -0.25) is 0 Å². The largest absolute Gasteiger partial charge is 0.495 e. The molecule has 0 saturated heterocycles. The smallest absolute Gasteiger partial charge is 0.189 e. The van der Waals surface area contributed by atoms with Crippen molar-refractivity contribution in [1.82, 2.24) is 9.97 Å². The van der Waals surface area contributed by atoms with Gasteiger partial charge in [-0.1, -0.05) is 59.8 Å². The Bertz CT molecular complexity index is 874. The molecule has 3 aromatic rings. The van der Waals surface area contributed by atoms with Crippen LogP contribution in [-0.4, -0.2) is 23.3 Å². The summed E-state index contributed by atoms with van der Waals surface area (Å²) in [6.07, 6.45) is 4.65. The van der Waals surface area contributed by atoms with Crippen molar-refractivity contribution in [2.75, 3.05) is 18.7 Å². The number of nitrogens with zero attached hydrogens (tertiary/aromatic N) is 2. The van der Waals surface area contributed by atoms with E-state index in [2.05, 4.69) is 27.4 Å². The zero-order valence-corrected chi connectivity index (χ0v) is 16.3. The van der Waals surface area contributed by atoms with Gasteiger partial charge in [0.05, 0.1) is 12.1 Å². The first kappa shape index (κ1) is 18.5. The predicted octanol–water partition coefficient (Wildman–Crippen LogP) is 5.06. The van der Waals surface area contributed by atoms with Crippen molar-refractivity contribution in [3.63, 3.8) is 0 Å². The van der Waals surface area contributed by atoms with E-state index in [-0.39, 0.29) is 0 Å². The van der Waals surface area contributed by atoms with E-state index in [0.29, 0.717) is 17.3 Å². The molecule has 1 aromatic heterocycles. The number of methoxy groups -OCH3 is 1. The molecule has 134 valence electrons. The number of ether oxygens (including phenoxy) is 1. The predicted molar refractivity (Wildman–Crippen MR) is 108 cm³/mol. The molecule has 1 heterocycles. The van der Waals surface area contributed by atoms with Gasteiger partial charge in [0, 0.05) is 24.7 Å². The number of hydrogen-bond acceptors (Lipinski definition) is 5. The first-order valence-corrected chi connectivity index (χ1v) is 9.80. The zero-order chi connectivity index (χ0) is 18.4. The molecule has 0 fully saturated rings. The molecule has 6 heteroatoms. The fraction of sp³-hybridized carbons (Fsp3) is 0.200. The van der Waals surface area contributed by atoms with Crippen LogP contribution in [0.3, 0.4) is 0 Å². The van der Waals surface area contributed by atoms with Gasteiger partial charge in [-0.05, 0) is 29.5 Å². The summed E-state index contributed by atoms with van der Waals surface area (Å²) in [5.41, 5.74) is 3.35. The summed E-state index contributed by atoms with van der Waals surface area (Å²) in [5, 5.41) is 4.77. The van der Waals surface area contributed by atoms with E-state index in [1.165, 1.54) is 17.3 Å². The maximum Gasteiger partial charge on any atom is 0.189 e. The van der Waals surface area contributed by atoms with E-state index >= 15 is 0 Å². The van der Waals surface area contributed by atoms with Crippen LogP contribution in [0.2, 0.25) is 5.02 Å². The van der Waals surface area contributed by atoms with E-state index in [1.807, 2.05) is 48.9 Å². The highest BCUT2D eigenvalue weighted by Crippen LogP contribution is 2.26. The maximum atomic E-state index is 6.22. The van der Waals surface area contributed by atoms with Gasteiger partial charge in [0.25, 0.3) is 0 Å². The lowest BCUT2D eigenvalue weighted by atomic mass is 10.1. The SMILES string of the molecule is COc1ccc(CNc2nc(SC)ncc2Cc2ccccc2)cc1Cl. The van der Waals surface area contributed by atoms with Crippen molar-refractivity contribution in [3.8, 4) is 5.75 Å². The van der Waals surface area contributed by atoms with Gasteiger partial charge < -0.3 is 10.1 Å². The van der Waals surface area contributed by atoms with Crippen LogP contribution in [0.5, 0.6) is 5.75 Å². The minimum atomic E-state index is 0.601. The Morgan fingerprint density at radius 2 is 1.92 bits per heavy atom. The number of halogens is 1. The quantitative estimate of drug-likeness (QED) is 0.454. The summed E-state index contributed by atoms with van der Waals surface area (Å²) in [6.45, 7) is 0.621. The summed E-state index contributed by atoms with van der Waals surface area (Å²) in [6, 6.07) is 16.1. The summed E-state index contributed by atoms with van der Waals surface area (Å²) >= 11 is 7.74. The fourth-order valence-electron chi connectivity index (χ4n) is 2.59. The maximum absolute atomic E-state index is 6.22. The van der Waals surface area contributed by atoms with Crippen molar-refractivity contribution in [2.45, 2.75) is 18.1 Å². The molecule has 0 amide bonds. The normalized spacial score (nSPS) is 10.6. The lowest BCUT2D eigenvalue weighted by Crippen LogP contribution is -2.07. The number of anilines is 1. The van der Waals surface area contributed by atoms with Gasteiger partial charge in [0.1, 0.15) is 11.6 Å². The third kappa shape index (κ3) is 4.68. The molecular weight excluding hydrogens is 366 g/mol. The molecule has 0 atom stereocenters. The van der Waals surface area contributed by atoms with Gasteiger partial charge >= 0.3 is 0 Å². The van der Waals surface area contributed by atoms with E-state index in [1.54, 1.807) is 7.11 Å². The summed E-state index contributed by atoms with van der Waals surface area (Å²) < 4.78 is 5.20. The van der Waals surface area contributed by atoms with Crippen molar-refractivity contribution in [1.29, 1.82) is 0 Å². The van der Waals surface area contributed by atoms with Crippen molar-refractivity contribution >= 4 is 29.2 Å². The summed E-state index contributed by atoms with van der Waals surface area (Å²) in [5.74, 6) is 1.52. The average Bonchev–Trinajstić information content (AvgIpc) is 2.68. The Morgan fingerprint density at radius 3 is 2.62 bits per heavy atom. The third-order valence-corrected chi connectivity index (χ3v) is 4.80. The molecule has 26 heavy (non-hydrogen) atoms. The van der Waals surface area contributed by atoms with Crippen molar-refractivity contribution in [2.24, 2.45) is 0 Å². The molecule has 4 nitrogen and oxygen atoms in total. The van der Waals surface area contributed by atoms with E-state index < -0.39 is 0 Å². The van der Waals surface area contributed by atoms with Crippen LogP contribution in [0, 0.1) is 0 Å². The molecule has 0 aliphatic heterocycles. The molecular formula is C20H20ClN3OS. The minimum absolute atomic E-state index is 0.601. The molecule has 0 radical (unpaired) electrons. The molecule has 1 N–H and O–H groups in total. The van der Waals surface area contributed by atoms with Crippen LogP contribution < -0.4 is 10.1 Å². The second-order valence-corrected chi connectivity index (χ2v) is 6.90. The molecule has 0 unspecified atom stereocenters. The van der Waals surface area contributed by atoms with Crippen LogP contribution in [0.1, 0.15) is 16.7 Å². The van der Waals surface area contributed by atoms with Crippen LogP contribution in [0.4, 0.5) is 5.82 Å². The Labute approximate surface area is 163 Å². The third-order valence-electron chi connectivity index (χ3n) is 3.94. The molecule has 0 aliphatic carbocycles. The average molecular weight is 386 g/mol. The Morgan fingerprint density at radius 1 is 1.12 bits per heavy atom. The van der Waals surface area contributed by atoms with E-state index in [4.69, 9.17) is 16.3 Å². The van der Waals surface area contributed by atoms with Gasteiger partial charge in [0.15, 0.2) is 5.16 Å². The second kappa shape index (κ2) is 8.92. The first-order chi connectivity index (χ1) is 12.7. The Hall–Kier alpha value is -2.24. The highest BCUT2D eigenvalue weighted by molar-refractivity contribution is 7.98. The summed E-state index contributed by atoms with van der Waals surface area (Å²) in [7, 11) is 1.61. The number of rotatable bonds is 7. The number of nitrogens with one attached hydrogen (secondary N) is 1. The van der Waals surface area contributed by atoms with Crippen molar-refractivity contribution in [3.05, 3.63) is 76.4 Å². The molecule has 0 spiro atoms. The van der Waals surface area contributed by atoms with Gasteiger partial charge in [-0.15, -0.1) is 0 Å². The summed E-state index contributed by atoms with van der Waals surface area (Å²) in [4.78, 5) is 9.06. The molecule has 0 aliphatic rings. The zero-order valence-electron chi connectivity index (χ0n) is 14.7. The first-order valence-electron chi connectivity index (χ1n) is 8.19. The standard InChI is InChI=1S/C20H20ClN3OS/c1-25-18-9-8-15(11-17(18)21)12-22-19-16(13-23-20(24-19)26-2)10-14-6-4-3-5-7-14/h3-9,11,13H,10,12H2,1-2H3,(H,22,23,24). The highest BCUT2D eigenvalue weighted by Gasteiger charge is 2.09. The van der Waals surface area contributed by atoms with Crippen LogP contribution >= 0.6 is 23.4 Å². The minimum Gasteiger partial charge on any atom is -0.495 e. The molecule has 2 aromatic carbocycles. The van der Waals surface area contributed by atoms with Gasteiger partial charge in [-0.2, -0.15) is 0 Å². The van der Waals surface area contributed by atoms with Gasteiger partial charge in [-0.25, -0.2) is 9.97 Å². The van der Waals surface area contributed by atoms with Crippen LogP contribution in [-0.2, 0) is 13.0 Å². The number of aromatic nitrogens is 2. The van der Waals surface area contributed by atoms with Crippen molar-refractivity contribution < 1.29 is 4.74 Å². The number of benzene rings is 2.